The second kappa shape index (κ2) is 7.43. The zero-order valence-corrected chi connectivity index (χ0v) is 9.07. The van der Waals surface area contributed by atoms with Crippen molar-refractivity contribution in [2.24, 2.45) is 0 Å². The molecule has 0 unspecified atom stereocenters. The molecule has 0 nitrogen and oxygen atoms in total. The molecular weight excluding hydrogens is 128 g/mol. The van der Waals surface area contributed by atoms with E-state index in [2.05, 4.69) is 13.8 Å². The van der Waals surface area contributed by atoms with Gasteiger partial charge >= 0.3 is 0 Å². The number of hydrogen-bond acceptors (Lipinski definition) is 0. The Hall–Kier alpha value is 0.434. The third kappa shape index (κ3) is 6.43. The summed E-state index contributed by atoms with van der Waals surface area (Å²) in [5.41, 5.74) is 0. The van der Waals surface area contributed by atoms with Gasteiger partial charge in [-0.05, 0) is 0 Å². The summed E-state index contributed by atoms with van der Waals surface area (Å²) in [7, 11) is 0.872. The highest BCUT2D eigenvalue weighted by atomic mass is 28.2. The molecule has 0 aromatic carbocycles. The Bertz CT molecular complexity index is 31.5. The fraction of sp³-hybridized carbons (Fsp3) is 1.00. The molecular formula is C6H18Si2. The van der Waals surface area contributed by atoms with Crippen LogP contribution in [-0.4, -0.2) is 19.0 Å². The maximum atomic E-state index is 2.33. The van der Waals surface area contributed by atoms with Gasteiger partial charge in [0.05, 0.1) is 0 Å². The molecule has 0 aliphatic rings. The van der Waals surface area contributed by atoms with E-state index in [1.807, 2.05) is 0 Å². The quantitative estimate of drug-likeness (QED) is 0.402. The van der Waals surface area contributed by atoms with Gasteiger partial charge in [-0.2, -0.15) is 0 Å². The second-order valence-corrected chi connectivity index (χ2v) is 7.24. The van der Waals surface area contributed by atoms with Crippen LogP contribution in [0.15, 0.2) is 0 Å². The highest BCUT2D eigenvalue weighted by Crippen LogP contribution is 1.92. The van der Waals surface area contributed by atoms with Crippen molar-refractivity contribution < 1.29 is 0 Å². The molecule has 0 aliphatic heterocycles. The summed E-state index contributed by atoms with van der Waals surface area (Å²) in [6, 6.07) is 6.35. The van der Waals surface area contributed by atoms with Gasteiger partial charge < -0.3 is 0 Å². The summed E-state index contributed by atoms with van der Waals surface area (Å²) in [5, 5.41) is 0. The van der Waals surface area contributed by atoms with E-state index in [-0.39, 0.29) is 0 Å². The molecule has 0 amide bonds. The molecule has 0 aliphatic carbocycles. The monoisotopic (exact) mass is 146 g/mol. The molecule has 2 heteroatoms. The zero-order chi connectivity index (χ0) is 6.24. The van der Waals surface area contributed by atoms with Gasteiger partial charge in [0.25, 0.3) is 0 Å². The van der Waals surface area contributed by atoms with Crippen LogP contribution in [0.5, 0.6) is 0 Å². The minimum Gasteiger partial charge on any atom is -0.0683 e. The standard InChI is InChI=1S/C6H18Si2/c1-3-7-5-6-8-4-2/h3-8H2,1-2H3. The van der Waals surface area contributed by atoms with E-state index >= 15 is 0 Å². The average Bonchev–Trinajstić information content (AvgIpc) is 1.81. The SMILES string of the molecule is CC[SiH2]CC[SiH2]CC. The number of rotatable bonds is 5. The summed E-state index contributed by atoms with van der Waals surface area (Å²) in [5.74, 6) is 0. The van der Waals surface area contributed by atoms with Gasteiger partial charge in [0.15, 0.2) is 0 Å². The molecule has 0 aromatic heterocycles. The number of hydrogen-bond donors (Lipinski definition) is 0. The van der Waals surface area contributed by atoms with Crippen molar-refractivity contribution in [3.63, 3.8) is 0 Å². The Labute approximate surface area is 57.7 Å². The molecule has 0 fully saturated rings. The van der Waals surface area contributed by atoms with Crippen molar-refractivity contribution in [1.82, 2.24) is 0 Å². The van der Waals surface area contributed by atoms with Crippen molar-refractivity contribution in [3.8, 4) is 0 Å². The fourth-order valence-corrected chi connectivity index (χ4v) is 4.68. The van der Waals surface area contributed by atoms with Crippen LogP contribution < -0.4 is 0 Å². The van der Waals surface area contributed by atoms with Crippen LogP contribution >= 0.6 is 0 Å². The normalized spacial score (nSPS) is 12.8. The van der Waals surface area contributed by atoms with Crippen LogP contribution in [0, 0.1) is 0 Å². The van der Waals surface area contributed by atoms with Crippen molar-refractivity contribution in [2.75, 3.05) is 0 Å². The van der Waals surface area contributed by atoms with E-state index in [1.165, 1.54) is 12.1 Å². The predicted molar refractivity (Wildman–Crippen MR) is 47.7 cm³/mol. The van der Waals surface area contributed by atoms with E-state index in [0.717, 1.165) is 0 Å². The van der Waals surface area contributed by atoms with E-state index in [9.17, 15) is 0 Å². The third-order valence-corrected chi connectivity index (χ3v) is 5.87. The molecule has 0 spiro atoms. The van der Waals surface area contributed by atoms with Crippen molar-refractivity contribution in [3.05, 3.63) is 0 Å². The molecule has 0 heterocycles. The van der Waals surface area contributed by atoms with Gasteiger partial charge in [0.1, 0.15) is 0 Å². The molecule has 0 aromatic rings. The first-order valence-electron chi connectivity index (χ1n) is 3.91. The lowest BCUT2D eigenvalue weighted by molar-refractivity contribution is 1.31. The first-order valence-corrected chi connectivity index (χ1v) is 7.91. The van der Waals surface area contributed by atoms with Gasteiger partial charge in [0, 0.05) is 19.0 Å². The zero-order valence-electron chi connectivity index (χ0n) is 6.24. The molecule has 8 heavy (non-hydrogen) atoms. The third-order valence-electron chi connectivity index (χ3n) is 1.46. The summed E-state index contributed by atoms with van der Waals surface area (Å²) in [6.07, 6.45) is 0. The topological polar surface area (TPSA) is 0 Å². The van der Waals surface area contributed by atoms with E-state index in [4.69, 9.17) is 0 Å². The molecule has 0 N–H and O–H groups in total. The van der Waals surface area contributed by atoms with Gasteiger partial charge in [-0.25, -0.2) is 0 Å². The fourth-order valence-electron chi connectivity index (χ4n) is 0.854. The Kier molecular flexibility index (Phi) is 7.84. The predicted octanol–water partition coefficient (Wildman–Crippen LogP) is 1.04. The Morgan fingerprint density at radius 1 is 0.875 bits per heavy atom. The lowest BCUT2D eigenvalue weighted by Gasteiger charge is -1.92. The Morgan fingerprint density at radius 2 is 1.25 bits per heavy atom. The molecule has 0 saturated heterocycles. The first-order chi connectivity index (χ1) is 3.91. The smallest absolute Gasteiger partial charge is 0.0192 e. The van der Waals surface area contributed by atoms with Crippen LogP contribution in [0.25, 0.3) is 0 Å². The van der Waals surface area contributed by atoms with Crippen LogP contribution in [-0.2, 0) is 0 Å². The molecule has 0 bridgehead atoms. The van der Waals surface area contributed by atoms with Crippen molar-refractivity contribution in [1.29, 1.82) is 0 Å². The Morgan fingerprint density at radius 3 is 1.50 bits per heavy atom. The summed E-state index contributed by atoms with van der Waals surface area (Å²) >= 11 is 0. The van der Waals surface area contributed by atoms with E-state index in [1.54, 1.807) is 12.1 Å². The summed E-state index contributed by atoms with van der Waals surface area (Å²) in [4.78, 5) is 0. The van der Waals surface area contributed by atoms with Crippen molar-refractivity contribution in [2.45, 2.75) is 38.0 Å². The molecule has 0 rings (SSSR count). The highest BCUT2D eigenvalue weighted by molar-refractivity contribution is 6.41. The summed E-state index contributed by atoms with van der Waals surface area (Å²) in [6.45, 7) is 4.67. The van der Waals surface area contributed by atoms with Gasteiger partial charge in [-0.3, -0.25) is 0 Å². The van der Waals surface area contributed by atoms with E-state index < -0.39 is 0 Å². The first kappa shape index (κ1) is 8.43. The van der Waals surface area contributed by atoms with Gasteiger partial charge in [-0.15, -0.1) is 0 Å². The van der Waals surface area contributed by atoms with Crippen LogP contribution in [0.3, 0.4) is 0 Å². The lowest BCUT2D eigenvalue weighted by atomic mass is 10.9. The van der Waals surface area contributed by atoms with Gasteiger partial charge in [0.2, 0.25) is 0 Å². The molecule has 50 valence electrons. The maximum Gasteiger partial charge on any atom is 0.0192 e. The van der Waals surface area contributed by atoms with Crippen LogP contribution in [0.1, 0.15) is 13.8 Å². The van der Waals surface area contributed by atoms with E-state index in [0.29, 0.717) is 19.0 Å². The summed E-state index contributed by atoms with van der Waals surface area (Å²) < 4.78 is 0. The molecule has 0 radical (unpaired) electrons. The minimum absolute atomic E-state index is 0.436. The lowest BCUT2D eigenvalue weighted by Crippen LogP contribution is -1.90. The van der Waals surface area contributed by atoms with Gasteiger partial charge in [-0.1, -0.05) is 38.0 Å². The van der Waals surface area contributed by atoms with Crippen molar-refractivity contribution >= 4 is 19.0 Å². The molecule has 0 saturated carbocycles. The highest BCUT2D eigenvalue weighted by Gasteiger charge is 1.85. The maximum absolute atomic E-state index is 2.33. The minimum atomic E-state index is 0.436. The Balaban J connectivity index is 2.53. The second-order valence-electron chi connectivity index (χ2n) is 2.41. The van der Waals surface area contributed by atoms with Crippen LogP contribution in [0.4, 0.5) is 0 Å². The van der Waals surface area contributed by atoms with Crippen LogP contribution in [0.2, 0.25) is 24.2 Å². The largest absolute Gasteiger partial charge is 0.0683 e. The average molecular weight is 146 g/mol. The molecule has 0 atom stereocenters.